The van der Waals surface area contributed by atoms with E-state index in [-0.39, 0.29) is 11.8 Å². The van der Waals surface area contributed by atoms with Crippen LogP contribution in [0.5, 0.6) is 0 Å². The van der Waals surface area contributed by atoms with Crippen LogP contribution < -0.4 is 5.32 Å². The number of nitrogens with zero attached hydrogens (tertiary/aromatic N) is 2. The van der Waals surface area contributed by atoms with Crippen LogP contribution in [0.25, 0.3) is 10.8 Å². The van der Waals surface area contributed by atoms with Gasteiger partial charge in [0.15, 0.2) is 0 Å². The molecule has 1 heterocycles. The minimum Gasteiger partial charge on any atom is -0.356 e. The van der Waals surface area contributed by atoms with Gasteiger partial charge >= 0.3 is 0 Å². The Morgan fingerprint density at radius 3 is 2.48 bits per heavy atom. The summed E-state index contributed by atoms with van der Waals surface area (Å²) in [4.78, 5) is 12.6. The molecule has 1 atom stereocenters. The molecule has 7 heteroatoms. The molecular formula is C22H31N3O3S. The van der Waals surface area contributed by atoms with Crippen molar-refractivity contribution in [2.24, 2.45) is 11.8 Å². The number of hydrogen-bond donors (Lipinski definition) is 1. The van der Waals surface area contributed by atoms with Gasteiger partial charge in [0.25, 0.3) is 10.2 Å². The third-order valence-corrected chi connectivity index (χ3v) is 7.63. The highest BCUT2D eigenvalue weighted by atomic mass is 32.2. The normalized spacial score (nSPS) is 17.5. The van der Waals surface area contributed by atoms with Crippen molar-refractivity contribution >= 4 is 26.9 Å². The third-order valence-electron chi connectivity index (χ3n) is 5.69. The van der Waals surface area contributed by atoms with E-state index in [1.165, 1.54) is 39.0 Å². The SMILES string of the molecule is C[C@H](CNC(=O)C1CCN(S(=O)(=O)N(C)C)CC1)Cc1cccc2ccccc12. The van der Waals surface area contributed by atoms with Gasteiger partial charge in [-0.05, 0) is 41.5 Å². The van der Waals surface area contributed by atoms with Crippen molar-refractivity contribution < 1.29 is 13.2 Å². The Morgan fingerprint density at radius 2 is 1.79 bits per heavy atom. The first-order valence-electron chi connectivity index (χ1n) is 10.2. The number of amides is 1. The van der Waals surface area contributed by atoms with Crippen molar-refractivity contribution in [3.63, 3.8) is 0 Å². The lowest BCUT2D eigenvalue weighted by Gasteiger charge is -2.32. The first-order valence-corrected chi connectivity index (χ1v) is 11.6. The molecule has 1 saturated heterocycles. The van der Waals surface area contributed by atoms with E-state index < -0.39 is 10.2 Å². The quantitative estimate of drug-likeness (QED) is 0.753. The number of hydrogen-bond acceptors (Lipinski definition) is 3. The van der Waals surface area contributed by atoms with Gasteiger partial charge in [-0.2, -0.15) is 17.0 Å². The average molecular weight is 418 g/mol. The molecule has 1 amide bonds. The minimum absolute atomic E-state index is 0.0386. The van der Waals surface area contributed by atoms with Gasteiger partial charge in [-0.3, -0.25) is 4.79 Å². The Labute approximate surface area is 174 Å². The average Bonchev–Trinajstić information content (AvgIpc) is 2.72. The van der Waals surface area contributed by atoms with Crippen molar-refractivity contribution in [3.05, 3.63) is 48.0 Å². The van der Waals surface area contributed by atoms with Gasteiger partial charge in [-0.15, -0.1) is 0 Å². The Bertz CT molecular complexity index is 945. The lowest BCUT2D eigenvalue weighted by molar-refractivity contribution is -0.126. The van der Waals surface area contributed by atoms with Crippen LogP contribution in [-0.2, 0) is 21.4 Å². The van der Waals surface area contributed by atoms with Crippen molar-refractivity contribution in [1.29, 1.82) is 0 Å². The molecule has 158 valence electrons. The summed E-state index contributed by atoms with van der Waals surface area (Å²) in [5.74, 6) is 0.240. The molecule has 1 aliphatic rings. The van der Waals surface area contributed by atoms with Crippen LogP contribution >= 0.6 is 0 Å². The van der Waals surface area contributed by atoms with E-state index in [2.05, 4.69) is 48.6 Å². The lowest BCUT2D eigenvalue weighted by Crippen LogP contribution is -2.47. The van der Waals surface area contributed by atoms with E-state index in [0.717, 1.165) is 6.42 Å². The summed E-state index contributed by atoms with van der Waals surface area (Å²) >= 11 is 0. The number of piperidine rings is 1. The van der Waals surface area contributed by atoms with Crippen molar-refractivity contribution in [1.82, 2.24) is 13.9 Å². The van der Waals surface area contributed by atoms with Crippen LogP contribution in [-0.4, -0.2) is 56.7 Å². The van der Waals surface area contributed by atoms with Gasteiger partial charge in [-0.25, -0.2) is 0 Å². The smallest absolute Gasteiger partial charge is 0.281 e. The number of rotatable bonds is 7. The Morgan fingerprint density at radius 1 is 1.14 bits per heavy atom. The number of nitrogens with one attached hydrogen (secondary N) is 1. The summed E-state index contributed by atoms with van der Waals surface area (Å²) in [6, 6.07) is 14.7. The highest BCUT2D eigenvalue weighted by molar-refractivity contribution is 7.86. The fourth-order valence-corrected chi connectivity index (χ4v) is 5.05. The molecule has 1 fully saturated rings. The fraction of sp³-hybridized carbons (Fsp3) is 0.500. The number of fused-ring (bicyclic) bond motifs is 1. The molecule has 0 aromatic heterocycles. The molecule has 1 N–H and O–H groups in total. The summed E-state index contributed by atoms with van der Waals surface area (Å²) in [5, 5.41) is 5.58. The maximum atomic E-state index is 12.6. The highest BCUT2D eigenvalue weighted by Gasteiger charge is 2.32. The van der Waals surface area contributed by atoms with E-state index in [1.54, 1.807) is 0 Å². The predicted octanol–water partition coefficient (Wildman–Crippen LogP) is 2.65. The second kappa shape index (κ2) is 9.24. The molecule has 1 aliphatic heterocycles. The summed E-state index contributed by atoms with van der Waals surface area (Å²) in [6.07, 6.45) is 2.04. The van der Waals surface area contributed by atoms with Crippen molar-refractivity contribution in [2.75, 3.05) is 33.7 Å². The summed E-state index contributed by atoms with van der Waals surface area (Å²) in [7, 11) is -0.326. The molecule has 0 aliphatic carbocycles. The summed E-state index contributed by atoms with van der Waals surface area (Å²) in [5.41, 5.74) is 1.30. The number of carbonyl (C=O) groups is 1. The first kappa shape index (κ1) is 21.7. The molecule has 2 aromatic rings. The summed E-state index contributed by atoms with van der Waals surface area (Å²) in [6.45, 7) is 3.56. The van der Waals surface area contributed by atoms with E-state index in [4.69, 9.17) is 0 Å². The Balaban J connectivity index is 1.49. The highest BCUT2D eigenvalue weighted by Crippen LogP contribution is 2.22. The maximum Gasteiger partial charge on any atom is 0.281 e. The van der Waals surface area contributed by atoms with Crippen LogP contribution in [0, 0.1) is 11.8 Å². The largest absolute Gasteiger partial charge is 0.356 e. The van der Waals surface area contributed by atoms with Gasteiger partial charge in [0.05, 0.1) is 0 Å². The second-order valence-corrected chi connectivity index (χ2v) is 10.3. The van der Waals surface area contributed by atoms with Crippen LogP contribution in [0.2, 0.25) is 0 Å². The molecular weight excluding hydrogens is 386 g/mol. The van der Waals surface area contributed by atoms with Gasteiger partial charge < -0.3 is 5.32 Å². The molecule has 0 radical (unpaired) electrons. The first-order chi connectivity index (χ1) is 13.8. The zero-order chi connectivity index (χ0) is 21.0. The lowest BCUT2D eigenvalue weighted by atomic mass is 9.94. The molecule has 3 rings (SSSR count). The number of carbonyl (C=O) groups excluding carboxylic acids is 1. The van der Waals surface area contributed by atoms with Crippen molar-refractivity contribution in [3.8, 4) is 0 Å². The standard InChI is InChI=1S/C22H31N3O3S/c1-17(15-20-9-6-8-18-7-4-5-10-21(18)20)16-23-22(26)19-11-13-25(14-12-19)29(27,28)24(2)3/h4-10,17,19H,11-16H2,1-3H3,(H,23,26)/t17-/m0/s1. The topological polar surface area (TPSA) is 69.7 Å². The van der Waals surface area contributed by atoms with Gasteiger partial charge in [0.1, 0.15) is 0 Å². The van der Waals surface area contributed by atoms with E-state index in [1.807, 2.05) is 6.07 Å². The van der Waals surface area contributed by atoms with Crippen LogP contribution in [0.3, 0.4) is 0 Å². The van der Waals surface area contributed by atoms with E-state index in [9.17, 15) is 13.2 Å². The Kier molecular flexibility index (Phi) is 6.93. The zero-order valence-corrected chi connectivity index (χ0v) is 18.3. The zero-order valence-electron chi connectivity index (χ0n) is 17.5. The molecule has 6 nitrogen and oxygen atoms in total. The minimum atomic E-state index is -3.39. The number of benzene rings is 2. The Hall–Kier alpha value is -1.96. The molecule has 0 saturated carbocycles. The predicted molar refractivity (Wildman–Crippen MR) is 117 cm³/mol. The van der Waals surface area contributed by atoms with Crippen LogP contribution in [0.1, 0.15) is 25.3 Å². The molecule has 0 bridgehead atoms. The van der Waals surface area contributed by atoms with Crippen molar-refractivity contribution in [2.45, 2.75) is 26.2 Å². The van der Waals surface area contributed by atoms with Gasteiger partial charge in [0.2, 0.25) is 5.91 Å². The second-order valence-electron chi connectivity index (χ2n) is 8.16. The fourth-order valence-electron chi connectivity index (χ4n) is 3.92. The monoisotopic (exact) mass is 417 g/mol. The molecule has 0 spiro atoms. The maximum absolute atomic E-state index is 12.6. The van der Waals surface area contributed by atoms with E-state index >= 15 is 0 Å². The molecule has 0 unspecified atom stereocenters. The third kappa shape index (κ3) is 5.15. The van der Waals surface area contributed by atoms with Gasteiger partial charge in [-0.1, -0.05) is 49.4 Å². The van der Waals surface area contributed by atoms with Crippen LogP contribution in [0.15, 0.2) is 42.5 Å². The molecule has 29 heavy (non-hydrogen) atoms. The molecule has 2 aromatic carbocycles. The van der Waals surface area contributed by atoms with Gasteiger partial charge in [0, 0.05) is 39.6 Å². The summed E-state index contributed by atoms with van der Waals surface area (Å²) < 4.78 is 27.1. The van der Waals surface area contributed by atoms with Crippen LogP contribution in [0.4, 0.5) is 0 Å². The van der Waals surface area contributed by atoms with E-state index in [0.29, 0.717) is 38.4 Å².